The molecule has 0 aliphatic rings. The van der Waals surface area contributed by atoms with Gasteiger partial charge in [-0.15, -0.1) is 5.84 Å². The zero-order valence-corrected chi connectivity index (χ0v) is 9.13. The molecule has 1 unspecified atom stereocenters. The molecule has 0 heterocycles. The summed E-state index contributed by atoms with van der Waals surface area (Å²) >= 11 is 0. The van der Waals surface area contributed by atoms with Crippen molar-refractivity contribution >= 4 is 5.97 Å². The van der Waals surface area contributed by atoms with Crippen molar-refractivity contribution in [1.82, 2.24) is 0 Å². The molecule has 0 saturated heterocycles. The van der Waals surface area contributed by atoms with Gasteiger partial charge in [0.1, 0.15) is 13.2 Å². The first kappa shape index (κ1) is 15.0. The Morgan fingerprint density at radius 2 is 2.00 bits per heavy atom. The average molecular weight is 235 g/mol. The van der Waals surface area contributed by atoms with Gasteiger partial charge in [0.25, 0.3) is 0 Å². The number of carbonyl (C=O) groups excluding carboxylic acids is 1. The van der Waals surface area contributed by atoms with Crippen molar-refractivity contribution in [2.45, 2.75) is 6.42 Å². The third kappa shape index (κ3) is 6.45. The van der Waals surface area contributed by atoms with Crippen LogP contribution >= 0.6 is 0 Å². The number of carbonyl (C=O) groups is 1. The van der Waals surface area contributed by atoms with Gasteiger partial charge in [-0.05, 0) is 0 Å². The van der Waals surface area contributed by atoms with Crippen molar-refractivity contribution in [3.8, 4) is 0 Å². The number of nitrogens with zero attached hydrogens (tertiary/aromatic N) is 1. The van der Waals surface area contributed by atoms with E-state index in [-0.39, 0.29) is 18.0 Å². The lowest BCUT2D eigenvalue weighted by Gasteiger charge is -2.26. The molecule has 0 bridgehead atoms. The first-order valence-electron chi connectivity index (χ1n) is 4.73. The Balaban J connectivity index is 3.76. The monoisotopic (exact) mass is 235 g/mol. The fraction of sp³-hybridized carbons (Fsp3) is 0.625. The van der Waals surface area contributed by atoms with E-state index in [1.807, 2.05) is 0 Å². The van der Waals surface area contributed by atoms with Crippen molar-refractivity contribution in [3.63, 3.8) is 0 Å². The smallest absolute Gasteiger partial charge is 0.330 e. The Morgan fingerprint density at radius 1 is 1.31 bits per heavy atom. The SMILES string of the molecule is C=CC(=O)OCCC[N+](N)(CCON)ON. The summed E-state index contributed by atoms with van der Waals surface area (Å²) in [6.45, 7) is 4.35. The van der Waals surface area contributed by atoms with Crippen LogP contribution in [-0.2, 0) is 19.3 Å². The molecular weight excluding hydrogens is 216 g/mol. The van der Waals surface area contributed by atoms with Crippen molar-refractivity contribution in [2.24, 2.45) is 17.6 Å². The minimum Gasteiger partial charge on any atom is -0.462 e. The maximum Gasteiger partial charge on any atom is 0.330 e. The van der Waals surface area contributed by atoms with Crippen LogP contribution in [0.1, 0.15) is 6.42 Å². The number of hydrogen-bond donors (Lipinski definition) is 3. The Morgan fingerprint density at radius 3 is 2.50 bits per heavy atom. The third-order valence-electron chi connectivity index (χ3n) is 1.89. The first-order valence-corrected chi connectivity index (χ1v) is 4.73. The molecule has 8 heteroatoms. The molecule has 0 rings (SSSR count). The molecule has 0 aliphatic carbocycles. The van der Waals surface area contributed by atoms with E-state index < -0.39 is 5.97 Å². The van der Waals surface area contributed by atoms with Crippen molar-refractivity contribution in [1.29, 1.82) is 0 Å². The summed E-state index contributed by atoms with van der Waals surface area (Å²) in [5.74, 6) is 15.2. The Bertz CT molecular complexity index is 226. The van der Waals surface area contributed by atoms with E-state index in [9.17, 15) is 4.79 Å². The summed E-state index contributed by atoms with van der Waals surface area (Å²) in [5.41, 5.74) is 0. The van der Waals surface area contributed by atoms with Crippen LogP contribution in [0, 0.1) is 0 Å². The second-order valence-corrected chi connectivity index (χ2v) is 3.10. The van der Waals surface area contributed by atoms with Gasteiger partial charge in [-0.25, -0.2) is 10.7 Å². The summed E-state index contributed by atoms with van der Waals surface area (Å²) < 4.78 is 4.40. The Kier molecular flexibility index (Phi) is 7.64. The fourth-order valence-corrected chi connectivity index (χ4v) is 0.988. The van der Waals surface area contributed by atoms with Gasteiger partial charge in [0.15, 0.2) is 6.54 Å². The van der Waals surface area contributed by atoms with Crippen LogP contribution in [0.25, 0.3) is 0 Å². The minimum absolute atomic E-state index is 0.208. The molecule has 6 N–H and O–H groups in total. The van der Waals surface area contributed by atoms with Gasteiger partial charge in [-0.2, -0.15) is 5.90 Å². The predicted octanol–water partition coefficient (Wildman–Crippen LogP) is -1.51. The van der Waals surface area contributed by atoms with Gasteiger partial charge in [0.2, 0.25) is 0 Å². The second-order valence-electron chi connectivity index (χ2n) is 3.10. The van der Waals surface area contributed by atoms with Crippen LogP contribution in [0.3, 0.4) is 0 Å². The van der Waals surface area contributed by atoms with Gasteiger partial charge < -0.3 is 4.74 Å². The number of nitrogens with two attached hydrogens (primary N) is 3. The Labute approximate surface area is 93.9 Å². The van der Waals surface area contributed by atoms with E-state index in [1.165, 1.54) is 0 Å². The number of quaternary nitrogens is 1. The molecule has 0 saturated carbocycles. The normalized spacial score (nSPS) is 14.2. The number of hydrogen-bond acceptors (Lipinski definition) is 7. The van der Waals surface area contributed by atoms with Crippen molar-refractivity contribution < 1.29 is 24.1 Å². The number of ether oxygens (including phenoxy) is 1. The molecule has 0 fully saturated rings. The first-order chi connectivity index (χ1) is 7.58. The van der Waals surface area contributed by atoms with Crippen LogP contribution < -0.4 is 17.6 Å². The highest BCUT2D eigenvalue weighted by atomic mass is 16.8. The van der Waals surface area contributed by atoms with Crippen LogP contribution in [-0.4, -0.2) is 37.0 Å². The van der Waals surface area contributed by atoms with E-state index in [2.05, 4.69) is 16.4 Å². The van der Waals surface area contributed by atoms with Gasteiger partial charge >= 0.3 is 5.97 Å². The van der Waals surface area contributed by atoms with E-state index in [0.717, 1.165) is 6.08 Å². The highest BCUT2D eigenvalue weighted by Crippen LogP contribution is 1.99. The van der Waals surface area contributed by atoms with Gasteiger partial charge in [-0.3, -0.25) is 4.84 Å². The molecule has 0 amide bonds. The van der Waals surface area contributed by atoms with Crippen molar-refractivity contribution in [3.05, 3.63) is 12.7 Å². The van der Waals surface area contributed by atoms with Crippen LogP contribution in [0.4, 0.5) is 0 Å². The quantitative estimate of drug-likeness (QED) is 0.111. The van der Waals surface area contributed by atoms with Crippen LogP contribution in [0.5, 0.6) is 0 Å². The molecule has 0 aliphatic heterocycles. The Hall–Kier alpha value is -1.03. The van der Waals surface area contributed by atoms with Crippen LogP contribution in [0.15, 0.2) is 12.7 Å². The van der Waals surface area contributed by atoms with E-state index >= 15 is 0 Å². The molecule has 94 valence electrons. The highest BCUT2D eigenvalue weighted by Gasteiger charge is 2.24. The van der Waals surface area contributed by atoms with Crippen molar-refractivity contribution in [2.75, 3.05) is 26.3 Å². The van der Waals surface area contributed by atoms with Gasteiger partial charge in [-0.1, -0.05) is 16.3 Å². The molecule has 0 aromatic rings. The minimum atomic E-state index is -0.478. The largest absolute Gasteiger partial charge is 0.462 e. The van der Waals surface area contributed by atoms with E-state index in [1.54, 1.807) is 0 Å². The standard InChI is InChI=1S/C8H19N4O4/c1-2-8(13)14-6-3-4-12(9,16-11)5-7-15-10/h2H,1,3-7,9-11H2/q+1. The molecule has 0 aromatic heterocycles. The maximum absolute atomic E-state index is 10.7. The van der Waals surface area contributed by atoms with Gasteiger partial charge in [0, 0.05) is 12.5 Å². The molecule has 8 nitrogen and oxygen atoms in total. The molecule has 1 atom stereocenters. The summed E-state index contributed by atoms with van der Waals surface area (Å²) in [7, 11) is 0. The molecular formula is C8H19N4O4+. The predicted molar refractivity (Wildman–Crippen MR) is 55.4 cm³/mol. The number of rotatable bonds is 9. The zero-order valence-electron chi connectivity index (χ0n) is 9.13. The lowest BCUT2D eigenvalue weighted by molar-refractivity contribution is -1.12. The van der Waals surface area contributed by atoms with Crippen LogP contribution in [0.2, 0.25) is 0 Å². The third-order valence-corrected chi connectivity index (χ3v) is 1.89. The number of esters is 1. The topological polar surface area (TPSA) is 123 Å². The maximum atomic E-state index is 10.7. The van der Waals surface area contributed by atoms with E-state index in [0.29, 0.717) is 19.5 Å². The average Bonchev–Trinajstić information content (AvgIpc) is 2.31. The lowest BCUT2D eigenvalue weighted by Crippen LogP contribution is -2.58. The fourth-order valence-electron chi connectivity index (χ4n) is 0.988. The lowest BCUT2D eigenvalue weighted by atomic mass is 10.4. The second kappa shape index (κ2) is 8.16. The van der Waals surface area contributed by atoms with Gasteiger partial charge in [0.05, 0.1) is 6.61 Å². The molecule has 0 aromatic carbocycles. The summed E-state index contributed by atoms with van der Waals surface area (Å²) in [5, 5.41) is 0. The summed E-state index contributed by atoms with van der Waals surface area (Å²) in [6.07, 6.45) is 1.59. The zero-order chi connectivity index (χ0) is 12.4. The highest BCUT2D eigenvalue weighted by molar-refractivity contribution is 5.81. The number of hydroxylamine groups is 2. The summed E-state index contributed by atoms with van der Waals surface area (Å²) in [6, 6.07) is 0. The molecule has 0 spiro atoms. The molecule has 0 radical (unpaired) electrons. The molecule has 16 heavy (non-hydrogen) atoms. The summed E-state index contributed by atoms with van der Waals surface area (Å²) in [4.78, 5) is 19.7. The van der Waals surface area contributed by atoms with E-state index in [4.69, 9.17) is 22.4 Å².